The Morgan fingerprint density at radius 2 is 1.62 bits per heavy atom. The lowest BCUT2D eigenvalue weighted by Gasteiger charge is -2.13. The highest BCUT2D eigenvalue weighted by Crippen LogP contribution is 2.31. The molecule has 0 aliphatic heterocycles. The molecule has 0 atom stereocenters. The molecule has 0 heterocycles. The molecule has 4 heteroatoms. The van der Waals surface area contributed by atoms with E-state index in [1.165, 1.54) is 18.3 Å². The van der Waals surface area contributed by atoms with Gasteiger partial charge in [0.25, 0.3) is 0 Å². The van der Waals surface area contributed by atoms with E-state index in [0.717, 1.165) is 6.07 Å². The third-order valence-corrected chi connectivity index (χ3v) is 1.86. The molecular weight excluding hydrogens is 215 g/mol. The van der Waals surface area contributed by atoms with E-state index in [2.05, 4.69) is 4.99 Å². The average Bonchev–Trinajstić information content (AvgIpc) is 2.12. The molecule has 1 aromatic rings. The highest BCUT2D eigenvalue weighted by Gasteiger charge is 2.32. The van der Waals surface area contributed by atoms with E-state index in [1.807, 2.05) is 20.8 Å². The van der Waals surface area contributed by atoms with Crippen LogP contribution in [-0.2, 0) is 6.18 Å². The van der Waals surface area contributed by atoms with Gasteiger partial charge in [0.05, 0.1) is 11.1 Å². The normalized spacial score (nSPS) is 13.4. The van der Waals surface area contributed by atoms with Gasteiger partial charge in [-0.05, 0) is 26.8 Å². The van der Waals surface area contributed by atoms with Crippen LogP contribution in [0.3, 0.4) is 0 Å². The van der Waals surface area contributed by atoms with E-state index >= 15 is 0 Å². The summed E-state index contributed by atoms with van der Waals surface area (Å²) >= 11 is 0. The third-order valence-electron chi connectivity index (χ3n) is 1.86. The van der Waals surface area contributed by atoms with E-state index in [1.54, 1.807) is 6.07 Å². The van der Waals surface area contributed by atoms with Gasteiger partial charge in [-0.3, -0.25) is 4.99 Å². The molecule has 0 aliphatic carbocycles. The molecule has 0 spiro atoms. The second-order valence-electron chi connectivity index (χ2n) is 4.51. The van der Waals surface area contributed by atoms with Gasteiger partial charge in [0.15, 0.2) is 0 Å². The number of aliphatic imine (C=N–C) groups is 1. The van der Waals surface area contributed by atoms with Gasteiger partial charge in [0.1, 0.15) is 0 Å². The molecular formula is C12H14F3N. The van der Waals surface area contributed by atoms with Crippen molar-refractivity contribution in [2.24, 2.45) is 4.99 Å². The van der Waals surface area contributed by atoms with Gasteiger partial charge in [-0.2, -0.15) is 13.2 Å². The van der Waals surface area contributed by atoms with Crippen molar-refractivity contribution in [2.45, 2.75) is 32.5 Å². The van der Waals surface area contributed by atoms with Crippen LogP contribution in [0, 0.1) is 0 Å². The van der Waals surface area contributed by atoms with Crippen LogP contribution in [0.2, 0.25) is 0 Å². The number of benzene rings is 1. The molecule has 0 aromatic heterocycles. The number of rotatable bonds is 1. The zero-order valence-electron chi connectivity index (χ0n) is 9.47. The molecule has 1 aromatic carbocycles. The molecule has 0 fully saturated rings. The average molecular weight is 229 g/mol. The highest BCUT2D eigenvalue weighted by atomic mass is 19.4. The first-order chi connectivity index (χ1) is 7.20. The van der Waals surface area contributed by atoms with E-state index in [4.69, 9.17) is 0 Å². The van der Waals surface area contributed by atoms with Crippen molar-refractivity contribution in [2.75, 3.05) is 0 Å². The van der Waals surface area contributed by atoms with Gasteiger partial charge in [0.2, 0.25) is 0 Å². The fourth-order valence-electron chi connectivity index (χ4n) is 1.13. The van der Waals surface area contributed by atoms with Crippen molar-refractivity contribution in [1.29, 1.82) is 0 Å². The molecule has 0 saturated carbocycles. The Bertz CT molecular complexity index is 386. The van der Waals surface area contributed by atoms with Crippen LogP contribution in [0.25, 0.3) is 0 Å². The molecule has 0 saturated heterocycles. The first kappa shape index (κ1) is 12.7. The Labute approximate surface area is 93.0 Å². The van der Waals surface area contributed by atoms with Crippen molar-refractivity contribution in [3.05, 3.63) is 35.4 Å². The first-order valence-corrected chi connectivity index (χ1v) is 4.91. The maximum Gasteiger partial charge on any atom is 0.417 e. The fourth-order valence-corrected chi connectivity index (χ4v) is 1.13. The van der Waals surface area contributed by atoms with E-state index in [9.17, 15) is 13.2 Å². The van der Waals surface area contributed by atoms with Crippen LogP contribution in [0.4, 0.5) is 13.2 Å². The molecule has 0 aliphatic rings. The van der Waals surface area contributed by atoms with Gasteiger partial charge in [-0.25, -0.2) is 0 Å². The molecule has 1 rings (SSSR count). The third kappa shape index (κ3) is 3.68. The largest absolute Gasteiger partial charge is 0.417 e. The van der Waals surface area contributed by atoms with E-state index < -0.39 is 11.7 Å². The summed E-state index contributed by atoms with van der Waals surface area (Å²) < 4.78 is 37.8. The van der Waals surface area contributed by atoms with Crippen LogP contribution in [0.5, 0.6) is 0 Å². The molecule has 16 heavy (non-hydrogen) atoms. The molecule has 0 amide bonds. The summed E-state index contributed by atoms with van der Waals surface area (Å²) in [6.07, 6.45) is -3.05. The second kappa shape index (κ2) is 4.28. The maximum atomic E-state index is 12.6. The number of hydrogen-bond donors (Lipinski definition) is 0. The lowest BCUT2D eigenvalue weighted by Crippen LogP contribution is -2.12. The minimum atomic E-state index is -4.33. The van der Waals surface area contributed by atoms with Crippen molar-refractivity contribution < 1.29 is 13.2 Å². The first-order valence-electron chi connectivity index (χ1n) is 4.91. The summed E-state index contributed by atoms with van der Waals surface area (Å²) in [6, 6.07) is 5.42. The predicted molar refractivity (Wildman–Crippen MR) is 58.8 cm³/mol. The molecule has 88 valence electrons. The summed E-state index contributed by atoms with van der Waals surface area (Å²) in [7, 11) is 0. The van der Waals surface area contributed by atoms with Crippen molar-refractivity contribution in [3.8, 4) is 0 Å². The quantitative estimate of drug-likeness (QED) is 0.647. The molecule has 0 bridgehead atoms. The zero-order valence-corrected chi connectivity index (χ0v) is 9.47. The highest BCUT2D eigenvalue weighted by molar-refractivity contribution is 5.82. The van der Waals surface area contributed by atoms with Crippen molar-refractivity contribution >= 4 is 6.21 Å². The Morgan fingerprint density at radius 1 is 1.06 bits per heavy atom. The van der Waals surface area contributed by atoms with Gasteiger partial charge in [-0.15, -0.1) is 0 Å². The van der Waals surface area contributed by atoms with Crippen molar-refractivity contribution in [1.82, 2.24) is 0 Å². The second-order valence-corrected chi connectivity index (χ2v) is 4.51. The summed E-state index contributed by atoms with van der Waals surface area (Å²) in [6.45, 7) is 5.50. The number of nitrogens with zero attached hydrogens (tertiary/aromatic N) is 1. The maximum absolute atomic E-state index is 12.6. The van der Waals surface area contributed by atoms with Crippen molar-refractivity contribution in [3.63, 3.8) is 0 Å². The Balaban J connectivity index is 3.11. The Morgan fingerprint density at radius 3 is 2.12 bits per heavy atom. The lowest BCUT2D eigenvalue weighted by molar-refractivity contribution is -0.137. The van der Waals surface area contributed by atoms with Crippen LogP contribution in [-0.4, -0.2) is 11.8 Å². The molecule has 0 radical (unpaired) electrons. The fraction of sp³-hybridized carbons (Fsp3) is 0.417. The monoisotopic (exact) mass is 229 g/mol. The van der Waals surface area contributed by atoms with Crippen LogP contribution < -0.4 is 0 Å². The topological polar surface area (TPSA) is 12.4 Å². The molecule has 1 nitrogen and oxygen atoms in total. The minimum absolute atomic E-state index is 0.102. The summed E-state index contributed by atoms with van der Waals surface area (Å²) in [5.41, 5.74) is -0.924. The summed E-state index contributed by atoms with van der Waals surface area (Å²) in [5, 5.41) is 0. The minimum Gasteiger partial charge on any atom is -0.287 e. The smallest absolute Gasteiger partial charge is 0.287 e. The lowest BCUT2D eigenvalue weighted by atomic mass is 10.1. The predicted octanol–water partition coefficient (Wildman–Crippen LogP) is 3.92. The zero-order chi connectivity index (χ0) is 12.4. The Hall–Kier alpha value is -1.32. The molecule has 0 unspecified atom stereocenters. The van der Waals surface area contributed by atoms with Gasteiger partial charge in [-0.1, -0.05) is 18.2 Å². The summed E-state index contributed by atoms with van der Waals surface area (Å²) in [5.74, 6) is 0. The molecule has 0 N–H and O–H groups in total. The van der Waals surface area contributed by atoms with Gasteiger partial charge < -0.3 is 0 Å². The Kier molecular flexibility index (Phi) is 3.41. The van der Waals surface area contributed by atoms with Gasteiger partial charge in [0, 0.05) is 11.8 Å². The summed E-state index contributed by atoms with van der Waals surface area (Å²) in [4.78, 5) is 4.08. The standard InChI is InChI=1S/C12H14F3N/c1-11(2,3)16-8-9-6-4-5-7-10(9)12(13,14)15/h4-8H,1-3H3. The van der Waals surface area contributed by atoms with Crippen LogP contribution in [0.15, 0.2) is 29.3 Å². The number of halogens is 3. The van der Waals surface area contributed by atoms with E-state index in [-0.39, 0.29) is 11.1 Å². The van der Waals surface area contributed by atoms with Crippen LogP contribution in [0.1, 0.15) is 31.9 Å². The van der Waals surface area contributed by atoms with E-state index in [0.29, 0.717) is 0 Å². The number of hydrogen-bond acceptors (Lipinski definition) is 1. The SMILES string of the molecule is CC(C)(C)N=Cc1ccccc1C(F)(F)F. The van der Waals surface area contributed by atoms with Gasteiger partial charge >= 0.3 is 6.18 Å². The van der Waals surface area contributed by atoms with Crippen LogP contribution >= 0.6 is 0 Å². The number of alkyl halides is 3.